The SMILES string of the molecule is N#Cc1cccc2c3ccccc3n(-c3cc4c5c(c3)Sc3ccc(-c6ccccc6)cc3B5c3cc(-c5ccccc5)ccc3S4)c12. The second-order valence-electron chi connectivity index (χ2n) is 12.4. The Morgan fingerprint density at radius 2 is 1.06 bits per heavy atom. The minimum Gasteiger partial charge on any atom is -0.308 e. The van der Waals surface area contributed by atoms with Crippen LogP contribution in [0.3, 0.4) is 0 Å². The van der Waals surface area contributed by atoms with Crippen molar-refractivity contribution in [3.63, 3.8) is 0 Å². The second-order valence-corrected chi connectivity index (χ2v) is 14.6. The fourth-order valence-electron chi connectivity index (χ4n) is 7.62. The summed E-state index contributed by atoms with van der Waals surface area (Å²) in [5, 5.41) is 12.5. The number of hydrogen-bond donors (Lipinski definition) is 0. The third-order valence-electron chi connectivity index (χ3n) is 9.75. The van der Waals surface area contributed by atoms with Crippen LogP contribution in [0.15, 0.2) is 171 Å². The standard InChI is InChI=1S/C43H25BN2S2/c45-26-31-14-9-16-34-33-15-7-8-17-37(33)46(43(31)34)32-24-40-42-41(25-32)48-39-21-19-30(28-12-5-2-6-13-28)23-36(39)44(42)35-22-29(18-20-38(35)47-40)27-10-3-1-4-11-27/h1-25H. The molecule has 0 radical (unpaired) electrons. The molecule has 0 atom stereocenters. The summed E-state index contributed by atoms with van der Waals surface area (Å²) in [7, 11) is 0. The van der Waals surface area contributed by atoms with E-state index in [1.165, 1.54) is 58.2 Å². The van der Waals surface area contributed by atoms with E-state index in [1.807, 2.05) is 35.7 Å². The van der Waals surface area contributed by atoms with Crippen molar-refractivity contribution >= 4 is 68.4 Å². The fraction of sp³-hybridized carbons (Fsp3) is 0. The molecule has 1 aromatic heterocycles. The average Bonchev–Trinajstić information content (AvgIpc) is 3.49. The van der Waals surface area contributed by atoms with E-state index in [1.54, 1.807) is 0 Å². The quantitative estimate of drug-likeness (QED) is 0.180. The molecule has 0 bridgehead atoms. The number of fused-ring (bicyclic) bond motifs is 7. The monoisotopic (exact) mass is 644 g/mol. The maximum atomic E-state index is 10.2. The molecule has 0 unspecified atom stereocenters. The highest BCUT2D eigenvalue weighted by Crippen LogP contribution is 2.43. The van der Waals surface area contributed by atoms with E-state index in [0.29, 0.717) is 5.56 Å². The van der Waals surface area contributed by atoms with E-state index >= 15 is 0 Å². The molecule has 0 saturated heterocycles. The van der Waals surface area contributed by atoms with Gasteiger partial charge in [0.1, 0.15) is 6.07 Å². The van der Waals surface area contributed by atoms with Gasteiger partial charge in [-0.2, -0.15) is 5.26 Å². The van der Waals surface area contributed by atoms with Crippen molar-refractivity contribution in [2.75, 3.05) is 0 Å². The Kier molecular flexibility index (Phi) is 6.24. The van der Waals surface area contributed by atoms with Crippen LogP contribution in [0.5, 0.6) is 0 Å². The molecule has 3 heterocycles. The third kappa shape index (κ3) is 4.17. The van der Waals surface area contributed by atoms with Gasteiger partial charge in [-0.15, -0.1) is 0 Å². The molecular weight excluding hydrogens is 619 g/mol. The van der Waals surface area contributed by atoms with Gasteiger partial charge >= 0.3 is 0 Å². The highest BCUT2D eigenvalue weighted by Gasteiger charge is 2.39. The van der Waals surface area contributed by atoms with Crippen molar-refractivity contribution < 1.29 is 0 Å². The lowest BCUT2D eigenvalue weighted by atomic mass is 9.36. The summed E-state index contributed by atoms with van der Waals surface area (Å²) in [6.45, 7) is 0.108. The smallest absolute Gasteiger partial charge is 0.247 e. The largest absolute Gasteiger partial charge is 0.308 e. The van der Waals surface area contributed by atoms with Crippen molar-refractivity contribution in [2.45, 2.75) is 19.6 Å². The summed E-state index contributed by atoms with van der Waals surface area (Å²) < 4.78 is 2.30. The van der Waals surface area contributed by atoms with Gasteiger partial charge < -0.3 is 4.57 Å². The Morgan fingerprint density at radius 1 is 0.500 bits per heavy atom. The summed E-state index contributed by atoms with van der Waals surface area (Å²) in [5.74, 6) is 0. The van der Waals surface area contributed by atoms with Gasteiger partial charge in [-0.25, -0.2) is 0 Å². The first kappa shape index (κ1) is 27.7. The molecule has 0 saturated carbocycles. The summed E-state index contributed by atoms with van der Waals surface area (Å²) >= 11 is 3.74. The van der Waals surface area contributed by atoms with Crippen LogP contribution in [0.1, 0.15) is 5.56 Å². The molecular formula is C43H25BN2S2. The van der Waals surface area contributed by atoms with Crippen molar-refractivity contribution in [2.24, 2.45) is 0 Å². The van der Waals surface area contributed by atoms with Crippen LogP contribution in [0.2, 0.25) is 0 Å². The summed E-state index contributed by atoms with van der Waals surface area (Å²) in [6, 6.07) is 57.2. The fourth-order valence-corrected chi connectivity index (χ4v) is 10.1. The Hall–Kier alpha value is -5.41. The number of benzene rings is 7. The normalized spacial score (nSPS) is 12.8. The van der Waals surface area contributed by atoms with Crippen molar-refractivity contribution in [1.29, 1.82) is 5.26 Å². The van der Waals surface area contributed by atoms with Gasteiger partial charge in [0.25, 0.3) is 0 Å². The van der Waals surface area contributed by atoms with Crippen molar-refractivity contribution in [1.82, 2.24) is 4.57 Å². The molecule has 2 nitrogen and oxygen atoms in total. The van der Waals surface area contributed by atoms with Gasteiger partial charge in [0, 0.05) is 36.0 Å². The molecule has 0 fully saturated rings. The lowest BCUT2D eigenvalue weighted by molar-refractivity contribution is 1.14. The van der Waals surface area contributed by atoms with Crippen LogP contribution in [0.4, 0.5) is 0 Å². The molecule has 5 heteroatoms. The zero-order valence-corrected chi connectivity index (χ0v) is 27.4. The molecule has 0 N–H and O–H groups in total. The second kappa shape index (κ2) is 10.8. The van der Waals surface area contributed by atoms with E-state index in [0.717, 1.165) is 27.5 Å². The average molecular weight is 645 g/mol. The number of para-hydroxylation sites is 2. The van der Waals surface area contributed by atoms with Crippen molar-refractivity contribution in [3.8, 4) is 34.0 Å². The van der Waals surface area contributed by atoms with Crippen LogP contribution >= 0.6 is 23.5 Å². The van der Waals surface area contributed by atoms with Gasteiger partial charge in [-0.1, -0.05) is 150 Å². The number of rotatable bonds is 3. The predicted octanol–water partition coefficient (Wildman–Crippen LogP) is 9.43. The third-order valence-corrected chi connectivity index (χ3v) is 12.0. The predicted molar refractivity (Wildman–Crippen MR) is 202 cm³/mol. The minimum atomic E-state index is 0.108. The number of nitriles is 1. The Balaban J connectivity index is 1.23. The Labute approximate surface area is 287 Å². The molecule has 0 amide bonds. The molecule has 10 rings (SSSR count). The zero-order valence-electron chi connectivity index (χ0n) is 25.7. The molecule has 7 aromatic carbocycles. The molecule has 8 aromatic rings. The minimum absolute atomic E-state index is 0.108. The van der Waals surface area contributed by atoms with Crippen LogP contribution in [0.25, 0.3) is 49.7 Å². The van der Waals surface area contributed by atoms with Crippen LogP contribution in [-0.2, 0) is 0 Å². The maximum Gasteiger partial charge on any atom is 0.247 e. The molecule has 2 aliphatic heterocycles. The Bertz CT molecular complexity index is 2520. The first-order chi connectivity index (χ1) is 23.7. The number of nitrogens with zero attached hydrogens (tertiary/aromatic N) is 2. The highest BCUT2D eigenvalue weighted by atomic mass is 32.2. The van der Waals surface area contributed by atoms with Crippen LogP contribution in [0, 0.1) is 11.3 Å². The summed E-state index contributed by atoms with van der Waals surface area (Å²) in [6.07, 6.45) is 0. The van der Waals surface area contributed by atoms with Gasteiger partial charge in [-0.05, 0) is 64.1 Å². The summed E-state index contributed by atoms with van der Waals surface area (Å²) in [4.78, 5) is 5.13. The van der Waals surface area contributed by atoms with Gasteiger partial charge in [-0.3, -0.25) is 0 Å². The number of hydrogen-bond acceptors (Lipinski definition) is 3. The maximum absolute atomic E-state index is 10.2. The first-order valence-electron chi connectivity index (χ1n) is 16.1. The molecule has 0 spiro atoms. The topological polar surface area (TPSA) is 28.7 Å². The van der Waals surface area contributed by atoms with E-state index in [2.05, 4.69) is 150 Å². The molecule has 222 valence electrons. The number of aromatic nitrogens is 1. The highest BCUT2D eigenvalue weighted by molar-refractivity contribution is 8.01. The Morgan fingerprint density at radius 3 is 1.67 bits per heavy atom. The van der Waals surface area contributed by atoms with E-state index in [9.17, 15) is 5.26 Å². The zero-order chi connectivity index (χ0) is 31.8. The lowest BCUT2D eigenvalue weighted by Crippen LogP contribution is -2.58. The molecule has 48 heavy (non-hydrogen) atoms. The van der Waals surface area contributed by atoms with Crippen molar-refractivity contribution in [3.05, 3.63) is 157 Å². The van der Waals surface area contributed by atoms with Gasteiger partial charge in [0.05, 0.1) is 16.6 Å². The van der Waals surface area contributed by atoms with E-state index in [-0.39, 0.29) is 6.71 Å². The van der Waals surface area contributed by atoms with E-state index in [4.69, 9.17) is 0 Å². The lowest BCUT2D eigenvalue weighted by Gasteiger charge is -2.34. The van der Waals surface area contributed by atoms with Crippen LogP contribution in [-0.4, -0.2) is 11.3 Å². The molecule has 0 aliphatic carbocycles. The summed E-state index contributed by atoms with van der Waals surface area (Å²) in [5.41, 5.74) is 12.9. The first-order valence-corrected chi connectivity index (χ1v) is 17.7. The van der Waals surface area contributed by atoms with Crippen LogP contribution < -0.4 is 16.4 Å². The van der Waals surface area contributed by atoms with Gasteiger partial charge in [0.15, 0.2) is 0 Å². The van der Waals surface area contributed by atoms with E-state index < -0.39 is 0 Å². The molecule has 2 aliphatic rings. The van der Waals surface area contributed by atoms with Gasteiger partial charge in [0.2, 0.25) is 6.71 Å².